The molecule has 19 heteroatoms. The zero-order chi connectivity index (χ0) is 74.6. The standard InChI is InChI=1S/C83H138O17P2/c1-5-9-13-17-21-25-29-33-36-38-41-45-48-52-56-60-64-68-81(86)94-74-79(100-83(88)70-66-62-58-54-50-46-42-39-37-34-30-26-22-18-14-10-6-2)76-98-102(91,92)96-72-77(84)71-95-101(89,90)97-75-78(99-82(87)69-65-61-57-53-49-43-32-28-24-20-16-12-8-4)73-93-80(85)67-63-59-55-51-47-44-40-35-31-27-23-19-15-11-7-3/h9-11,13-15,21-23,25-28,32-37,40-41,45,47,51,77-79,84H,5-8,12,16-20,24,29-31,38-39,42-44,46,48-50,52-76H2,1-4H3,(H,89,90)(H,91,92)/b13-9-,14-10-,15-11-,25-21-,26-22-,27-23-,32-28-,36-33-,37-34-,40-35-,45-41-,51-47-. The first kappa shape index (κ1) is 96.9. The summed E-state index contributed by atoms with van der Waals surface area (Å²) in [6.07, 6.45) is 84.0. The molecule has 3 N–H and O–H groups in total. The van der Waals surface area contributed by atoms with Crippen molar-refractivity contribution in [1.82, 2.24) is 0 Å². The van der Waals surface area contributed by atoms with E-state index in [1.807, 2.05) is 0 Å². The van der Waals surface area contributed by atoms with Gasteiger partial charge in [-0.05, 0) is 161 Å². The number of carbonyl (C=O) groups is 4. The van der Waals surface area contributed by atoms with Crippen molar-refractivity contribution in [3.8, 4) is 0 Å². The summed E-state index contributed by atoms with van der Waals surface area (Å²) < 4.78 is 68.5. The fourth-order valence-electron chi connectivity index (χ4n) is 9.92. The highest BCUT2D eigenvalue weighted by molar-refractivity contribution is 7.47. The van der Waals surface area contributed by atoms with Crippen molar-refractivity contribution in [2.75, 3.05) is 39.6 Å². The summed E-state index contributed by atoms with van der Waals surface area (Å²) in [5.74, 6) is -2.27. The van der Waals surface area contributed by atoms with E-state index in [2.05, 4.69) is 174 Å². The van der Waals surface area contributed by atoms with Crippen LogP contribution in [0.25, 0.3) is 0 Å². The van der Waals surface area contributed by atoms with Crippen LogP contribution in [-0.4, -0.2) is 96.7 Å². The molecule has 0 aliphatic heterocycles. The predicted molar refractivity (Wildman–Crippen MR) is 417 cm³/mol. The Balaban J connectivity index is 5.43. The van der Waals surface area contributed by atoms with E-state index >= 15 is 0 Å². The van der Waals surface area contributed by atoms with Crippen molar-refractivity contribution in [3.63, 3.8) is 0 Å². The third kappa shape index (κ3) is 73.3. The van der Waals surface area contributed by atoms with Crippen LogP contribution in [0.4, 0.5) is 0 Å². The molecule has 0 amide bonds. The summed E-state index contributed by atoms with van der Waals surface area (Å²) in [7, 11) is -9.98. The molecule has 5 unspecified atom stereocenters. The van der Waals surface area contributed by atoms with Gasteiger partial charge in [-0.1, -0.05) is 257 Å². The molecule has 0 saturated heterocycles. The molecular weight excluding hydrogens is 1330 g/mol. The van der Waals surface area contributed by atoms with Gasteiger partial charge in [-0.2, -0.15) is 0 Å². The molecule has 0 heterocycles. The lowest BCUT2D eigenvalue weighted by Crippen LogP contribution is -2.30. The molecule has 0 fully saturated rings. The molecule has 0 bridgehead atoms. The first-order valence-electron chi connectivity index (χ1n) is 39.1. The van der Waals surface area contributed by atoms with Gasteiger partial charge in [0, 0.05) is 25.7 Å². The topological polar surface area (TPSA) is 237 Å². The number of rotatable bonds is 72. The van der Waals surface area contributed by atoms with Gasteiger partial charge in [0.25, 0.3) is 0 Å². The minimum atomic E-state index is -4.99. The highest BCUT2D eigenvalue weighted by atomic mass is 31.2. The Morgan fingerprint density at radius 3 is 0.814 bits per heavy atom. The molecule has 102 heavy (non-hydrogen) atoms. The Morgan fingerprint density at radius 2 is 0.510 bits per heavy atom. The van der Waals surface area contributed by atoms with E-state index in [1.165, 1.54) is 25.7 Å². The molecular formula is C83H138O17P2. The molecule has 0 rings (SSSR count). The third-order valence-corrected chi connectivity index (χ3v) is 17.7. The number of phosphoric ester groups is 2. The van der Waals surface area contributed by atoms with E-state index in [1.54, 1.807) is 0 Å². The van der Waals surface area contributed by atoms with Crippen molar-refractivity contribution in [2.45, 2.75) is 316 Å². The summed E-state index contributed by atoms with van der Waals surface area (Å²) >= 11 is 0. The fourth-order valence-corrected chi connectivity index (χ4v) is 11.5. The van der Waals surface area contributed by atoms with E-state index < -0.39 is 97.5 Å². The Kier molecular flexibility index (Phi) is 70.5. The van der Waals surface area contributed by atoms with Crippen LogP contribution >= 0.6 is 15.6 Å². The van der Waals surface area contributed by atoms with Crippen LogP contribution in [0.5, 0.6) is 0 Å². The normalized spacial score (nSPS) is 14.7. The van der Waals surface area contributed by atoms with E-state index in [4.69, 9.17) is 37.0 Å². The van der Waals surface area contributed by atoms with Crippen molar-refractivity contribution >= 4 is 39.5 Å². The van der Waals surface area contributed by atoms with Gasteiger partial charge in [-0.25, -0.2) is 9.13 Å². The number of hydrogen-bond acceptors (Lipinski definition) is 15. The fraction of sp³-hybridized carbons (Fsp3) is 0.663. The van der Waals surface area contributed by atoms with Crippen LogP contribution in [0.3, 0.4) is 0 Å². The zero-order valence-electron chi connectivity index (χ0n) is 63.5. The van der Waals surface area contributed by atoms with Gasteiger partial charge in [0.2, 0.25) is 0 Å². The Hall–Kier alpha value is -5.06. The summed E-state index contributed by atoms with van der Waals surface area (Å²) in [5, 5.41) is 10.6. The highest BCUT2D eigenvalue weighted by Crippen LogP contribution is 2.45. The highest BCUT2D eigenvalue weighted by Gasteiger charge is 2.30. The maximum atomic E-state index is 13.1. The lowest BCUT2D eigenvalue weighted by Gasteiger charge is -2.21. The average molecular weight is 1470 g/mol. The molecule has 5 atom stereocenters. The maximum Gasteiger partial charge on any atom is 0.472 e. The second-order valence-electron chi connectivity index (χ2n) is 25.5. The van der Waals surface area contributed by atoms with Gasteiger partial charge in [-0.3, -0.25) is 37.3 Å². The van der Waals surface area contributed by atoms with Crippen molar-refractivity contribution < 1.29 is 80.2 Å². The van der Waals surface area contributed by atoms with Crippen LogP contribution in [0.2, 0.25) is 0 Å². The molecule has 0 aliphatic carbocycles. The van der Waals surface area contributed by atoms with E-state index in [9.17, 15) is 43.2 Å². The summed E-state index contributed by atoms with van der Waals surface area (Å²) in [5.41, 5.74) is 0. The summed E-state index contributed by atoms with van der Waals surface area (Å²) in [6.45, 7) is 4.42. The van der Waals surface area contributed by atoms with Crippen molar-refractivity contribution in [1.29, 1.82) is 0 Å². The smallest absolute Gasteiger partial charge is 0.462 e. The number of aliphatic hydroxyl groups is 1. The van der Waals surface area contributed by atoms with Gasteiger partial charge < -0.3 is 33.8 Å². The first-order valence-corrected chi connectivity index (χ1v) is 42.1. The van der Waals surface area contributed by atoms with Gasteiger partial charge in [0.1, 0.15) is 19.3 Å². The number of hydrogen-bond donors (Lipinski definition) is 3. The quantitative estimate of drug-likeness (QED) is 0.0169. The summed E-state index contributed by atoms with van der Waals surface area (Å²) in [6, 6.07) is 0. The monoisotopic (exact) mass is 1470 g/mol. The minimum absolute atomic E-state index is 0.0718. The van der Waals surface area contributed by atoms with E-state index in [-0.39, 0.29) is 25.7 Å². The van der Waals surface area contributed by atoms with Crippen LogP contribution < -0.4 is 0 Å². The maximum absolute atomic E-state index is 13.1. The van der Waals surface area contributed by atoms with E-state index in [0.29, 0.717) is 25.7 Å². The minimum Gasteiger partial charge on any atom is -0.462 e. The van der Waals surface area contributed by atoms with Crippen LogP contribution in [-0.2, 0) is 65.4 Å². The third-order valence-electron chi connectivity index (χ3n) is 15.8. The summed E-state index contributed by atoms with van der Waals surface area (Å²) in [4.78, 5) is 73.0. The number of allylic oxidation sites excluding steroid dienone is 24. The van der Waals surface area contributed by atoms with Gasteiger partial charge in [0.15, 0.2) is 12.2 Å². The molecule has 0 aromatic rings. The predicted octanol–water partition coefficient (Wildman–Crippen LogP) is 22.7. The Labute approximate surface area is 617 Å². The number of ether oxygens (including phenoxy) is 4. The molecule has 0 spiro atoms. The Morgan fingerprint density at radius 1 is 0.284 bits per heavy atom. The number of carbonyl (C=O) groups excluding carboxylic acids is 4. The van der Waals surface area contributed by atoms with Gasteiger partial charge in [0.05, 0.1) is 26.4 Å². The van der Waals surface area contributed by atoms with Crippen LogP contribution in [0.15, 0.2) is 146 Å². The number of aliphatic hydroxyl groups excluding tert-OH is 1. The van der Waals surface area contributed by atoms with Gasteiger partial charge >= 0.3 is 39.5 Å². The van der Waals surface area contributed by atoms with Crippen LogP contribution in [0, 0.1) is 0 Å². The molecule has 17 nitrogen and oxygen atoms in total. The zero-order valence-corrected chi connectivity index (χ0v) is 65.3. The molecule has 0 aromatic carbocycles. The molecule has 582 valence electrons. The SMILES string of the molecule is CC/C=C\C/C=C\C/C=C\C/C=C\CCCCCCC(=O)OCC(COP(=O)(O)OCC(O)COP(=O)(O)OCC(COC(=O)CCCC/C=C\C/C=C\C/C=C\C/C=C\CC)OC(=O)CCCCCCC/C=C\CCCCCC)OC(=O)CCCCCCCCC/C=C\C/C=C\C/C=C\CC. The second-order valence-corrected chi connectivity index (χ2v) is 28.4. The number of esters is 4. The lowest BCUT2D eigenvalue weighted by atomic mass is 10.1. The van der Waals surface area contributed by atoms with Crippen molar-refractivity contribution in [3.05, 3.63) is 146 Å². The van der Waals surface area contributed by atoms with Crippen LogP contribution in [0.1, 0.15) is 297 Å². The van der Waals surface area contributed by atoms with E-state index in [0.717, 1.165) is 193 Å². The molecule has 0 saturated carbocycles. The second kappa shape index (κ2) is 74.2. The molecule has 0 aromatic heterocycles. The Bertz CT molecular complexity index is 2510. The average Bonchev–Trinajstić information content (AvgIpc) is 0.959. The number of phosphoric acid groups is 2. The van der Waals surface area contributed by atoms with Crippen molar-refractivity contribution in [2.24, 2.45) is 0 Å². The van der Waals surface area contributed by atoms with Gasteiger partial charge in [-0.15, -0.1) is 0 Å². The largest absolute Gasteiger partial charge is 0.472 e. The first-order chi connectivity index (χ1) is 49.7. The molecule has 0 radical (unpaired) electrons. The number of unbranched alkanes of at least 4 members (excludes halogenated alkanes) is 22. The lowest BCUT2D eigenvalue weighted by molar-refractivity contribution is -0.161. The molecule has 0 aliphatic rings.